The number of rotatable bonds is 4. The van der Waals surface area contributed by atoms with E-state index in [2.05, 4.69) is 81.9 Å². The van der Waals surface area contributed by atoms with Crippen molar-refractivity contribution in [2.24, 2.45) is 0 Å². The van der Waals surface area contributed by atoms with Crippen LogP contribution in [0.25, 0.3) is 10.8 Å². The highest BCUT2D eigenvalue weighted by atomic mass is 79.9. The van der Waals surface area contributed by atoms with Gasteiger partial charge in [-0.3, -0.25) is 0 Å². The molecule has 20 heavy (non-hydrogen) atoms. The third kappa shape index (κ3) is 3.27. The van der Waals surface area contributed by atoms with E-state index in [-0.39, 0.29) is 0 Å². The molecule has 0 saturated carbocycles. The van der Waals surface area contributed by atoms with E-state index in [0.717, 1.165) is 17.6 Å². The zero-order chi connectivity index (χ0) is 13.8. The SMILES string of the molecule is Brc1ccc2cc(CNCc3ccccc3)ccc2c1. The highest BCUT2D eigenvalue weighted by molar-refractivity contribution is 9.10. The maximum Gasteiger partial charge on any atom is 0.0208 e. The molecule has 0 aromatic heterocycles. The van der Waals surface area contributed by atoms with Crippen LogP contribution in [0.5, 0.6) is 0 Å². The summed E-state index contributed by atoms with van der Waals surface area (Å²) in [5.41, 5.74) is 2.63. The maximum absolute atomic E-state index is 3.51. The molecule has 0 saturated heterocycles. The zero-order valence-electron chi connectivity index (χ0n) is 11.1. The summed E-state index contributed by atoms with van der Waals surface area (Å²) in [6, 6.07) is 23.5. The lowest BCUT2D eigenvalue weighted by Crippen LogP contribution is -2.12. The van der Waals surface area contributed by atoms with Crippen molar-refractivity contribution in [1.82, 2.24) is 5.32 Å². The quantitative estimate of drug-likeness (QED) is 0.720. The van der Waals surface area contributed by atoms with Crippen molar-refractivity contribution in [3.05, 3.63) is 82.3 Å². The molecule has 0 spiro atoms. The van der Waals surface area contributed by atoms with Crippen LogP contribution in [0.4, 0.5) is 0 Å². The fourth-order valence-electron chi connectivity index (χ4n) is 2.32. The minimum Gasteiger partial charge on any atom is -0.309 e. The molecule has 0 fully saturated rings. The zero-order valence-corrected chi connectivity index (χ0v) is 12.7. The molecule has 100 valence electrons. The number of halogens is 1. The molecule has 0 aliphatic carbocycles. The summed E-state index contributed by atoms with van der Waals surface area (Å²) in [7, 11) is 0. The molecule has 3 aromatic carbocycles. The molecule has 0 radical (unpaired) electrons. The van der Waals surface area contributed by atoms with Gasteiger partial charge in [0.05, 0.1) is 0 Å². The summed E-state index contributed by atoms with van der Waals surface area (Å²) in [6.45, 7) is 1.79. The van der Waals surface area contributed by atoms with Crippen molar-refractivity contribution in [1.29, 1.82) is 0 Å². The van der Waals surface area contributed by atoms with Gasteiger partial charge in [-0.25, -0.2) is 0 Å². The van der Waals surface area contributed by atoms with Gasteiger partial charge in [0.1, 0.15) is 0 Å². The summed E-state index contributed by atoms with van der Waals surface area (Å²) >= 11 is 3.51. The fraction of sp³-hybridized carbons (Fsp3) is 0.111. The first kappa shape index (κ1) is 13.3. The van der Waals surface area contributed by atoms with Crippen LogP contribution in [0.15, 0.2) is 71.2 Å². The number of hydrogen-bond donors (Lipinski definition) is 1. The number of nitrogens with one attached hydrogen (secondary N) is 1. The Labute approximate surface area is 127 Å². The maximum atomic E-state index is 3.51. The second kappa shape index (κ2) is 6.21. The van der Waals surface area contributed by atoms with Crippen LogP contribution < -0.4 is 5.32 Å². The molecule has 2 heteroatoms. The van der Waals surface area contributed by atoms with Crippen LogP contribution in [-0.4, -0.2) is 0 Å². The summed E-state index contributed by atoms with van der Waals surface area (Å²) in [6.07, 6.45) is 0. The normalized spacial score (nSPS) is 10.8. The van der Waals surface area contributed by atoms with Crippen molar-refractivity contribution < 1.29 is 0 Å². The minimum atomic E-state index is 0.890. The molecule has 1 nitrogen and oxygen atoms in total. The Bertz CT molecular complexity index is 707. The van der Waals surface area contributed by atoms with Gasteiger partial charge >= 0.3 is 0 Å². The standard InChI is InChI=1S/C18H16BrN/c19-18-9-8-16-10-15(6-7-17(16)11-18)13-20-12-14-4-2-1-3-5-14/h1-11,20H,12-13H2. The summed E-state index contributed by atoms with van der Waals surface area (Å²) < 4.78 is 1.12. The van der Waals surface area contributed by atoms with Crippen molar-refractivity contribution in [3.8, 4) is 0 Å². The summed E-state index contributed by atoms with van der Waals surface area (Å²) in [4.78, 5) is 0. The van der Waals surface area contributed by atoms with Crippen LogP contribution in [-0.2, 0) is 13.1 Å². The summed E-state index contributed by atoms with van der Waals surface area (Å²) in [5, 5.41) is 6.04. The van der Waals surface area contributed by atoms with Crippen molar-refractivity contribution in [2.45, 2.75) is 13.1 Å². The Balaban J connectivity index is 1.67. The molecule has 0 heterocycles. The van der Waals surface area contributed by atoms with E-state index in [4.69, 9.17) is 0 Å². The minimum absolute atomic E-state index is 0.890. The van der Waals surface area contributed by atoms with E-state index in [9.17, 15) is 0 Å². The second-order valence-electron chi connectivity index (χ2n) is 4.91. The first-order valence-corrected chi connectivity index (χ1v) is 7.53. The van der Waals surface area contributed by atoms with Gasteiger partial charge in [0.15, 0.2) is 0 Å². The Morgan fingerprint density at radius 2 is 1.40 bits per heavy atom. The van der Waals surface area contributed by atoms with Crippen LogP contribution in [0.2, 0.25) is 0 Å². The van der Waals surface area contributed by atoms with E-state index in [0.29, 0.717) is 0 Å². The van der Waals surface area contributed by atoms with Gasteiger partial charge in [0.2, 0.25) is 0 Å². The number of fused-ring (bicyclic) bond motifs is 1. The monoisotopic (exact) mass is 325 g/mol. The van der Waals surface area contributed by atoms with Crippen molar-refractivity contribution in [2.75, 3.05) is 0 Å². The predicted octanol–water partition coefficient (Wildman–Crippen LogP) is 4.89. The molecule has 3 rings (SSSR count). The average Bonchev–Trinajstić information content (AvgIpc) is 2.48. The molecular weight excluding hydrogens is 310 g/mol. The molecule has 0 unspecified atom stereocenters. The number of hydrogen-bond acceptors (Lipinski definition) is 1. The van der Waals surface area contributed by atoms with Crippen LogP contribution in [0.3, 0.4) is 0 Å². The third-order valence-electron chi connectivity index (χ3n) is 3.37. The predicted molar refractivity (Wildman–Crippen MR) is 88.6 cm³/mol. The van der Waals surface area contributed by atoms with Crippen LogP contribution in [0, 0.1) is 0 Å². The first-order valence-electron chi connectivity index (χ1n) is 6.74. The van der Waals surface area contributed by atoms with E-state index in [1.165, 1.54) is 21.9 Å². The lowest BCUT2D eigenvalue weighted by Gasteiger charge is -2.07. The van der Waals surface area contributed by atoms with E-state index >= 15 is 0 Å². The molecular formula is C18H16BrN. The van der Waals surface area contributed by atoms with Gasteiger partial charge in [-0.05, 0) is 40.1 Å². The molecule has 0 amide bonds. The average molecular weight is 326 g/mol. The molecule has 1 N–H and O–H groups in total. The topological polar surface area (TPSA) is 12.0 Å². The molecule has 0 bridgehead atoms. The van der Waals surface area contributed by atoms with Gasteiger partial charge in [-0.2, -0.15) is 0 Å². The first-order chi connectivity index (χ1) is 9.81. The highest BCUT2D eigenvalue weighted by Crippen LogP contribution is 2.20. The van der Waals surface area contributed by atoms with Crippen molar-refractivity contribution >= 4 is 26.7 Å². The molecule has 3 aromatic rings. The van der Waals surface area contributed by atoms with Crippen molar-refractivity contribution in [3.63, 3.8) is 0 Å². The third-order valence-corrected chi connectivity index (χ3v) is 3.86. The number of benzene rings is 3. The van der Waals surface area contributed by atoms with E-state index in [1.807, 2.05) is 6.07 Å². The lowest BCUT2D eigenvalue weighted by atomic mass is 10.1. The Hall–Kier alpha value is -1.64. The highest BCUT2D eigenvalue weighted by Gasteiger charge is 1.98. The molecule has 0 aliphatic heterocycles. The smallest absolute Gasteiger partial charge is 0.0208 e. The van der Waals surface area contributed by atoms with Crippen LogP contribution >= 0.6 is 15.9 Å². The Kier molecular flexibility index (Phi) is 4.14. The second-order valence-corrected chi connectivity index (χ2v) is 5.83. The van der Waals surface area contributed by atoms with Gasteiger partial charge in [-0.15, -0.1) is 0 Å². The Morgan fingerprint density at radius 3 is 2.25 bits per heavy atom. The van der Waals surface area contributed by atoms with Gasteiger partial charge in [0, 0.05) is 17.6 Å². The largest absolute Gasteiger partial charge is 0.309 e. The van der Waals surface area contributed by atoms with Gasteiger partial charge in [0.25, 0.3) is 0 Å². The summed E-state index contributed by atoms with van der Waals surface area (Å²) in [5.74, 6) is 0. The fourth-order valence-corrected chi connectivity index (χ4v) is 2.70. The Morgan fingerprint density at radius 1 is 0.700 bits per heavy atom. The molecule has 0 atom stereocenters. The van der Waals surface area contributed by atoms with Gasteiger partial charge < -0.3 is 5.32 Å². The van der Waals surface area contributed by atoms with E-state index < -0.39 is 0 Å². The van der Waals surface area contributed by atoms with E-state index in [1.54, 1.807) is 0 Å². The molecule has 0 aliphatic rings. The lowest BCUT2D eigenvalue weighted by molar-refractivity contribution is 0.694. The van der Waals surface area contributed by atoms with Gasteiger partial charge in [-0.1, -0.05) is 64.5 Å². The van der Waals surface area contributed by atoms with Crippen LogP contribution in [0.1, 0.15) is 11.1 Å².